The first-order chi connectivity index (χ1) is 15.1. The molecule has 0 aliphatic carbocycles. The molecule has 32 heavy (non-hydrogen) atoms. The van der Waals surface area contributed by atoms with Gasteiger partial charge < -0.3 is 5.32 Å². The van der Waals surface area contributed by atoms with Crippen molar-refractivity contribution in [3.63, 3.8) is 0 Å². The molecule has 1 atom stereocenters. The largest absolute Gasteiger partial charge is 0.346 e. The summed E-state index contributed by atoms with van der Waals surface area (Å²) >= 11 is 0. The van der Waals surface area contributed by atoms with Crippen LogP contribution in [0.1, 0.15) is 51.1 Å². The minimum absolute atomic E-state index is 0.146. The molecule has 0 saturated heterocycles. The summed E-state index contributed by atoms with van der Waals surface area (Å²) in [7, 11) is -3.48. The Hall–Kier alpha value is -3.12. The molecule has 3 rings (SSSR count). The summed E-state index contributed by atoms with van der Waals surface area (Å²) in [4.78, 5) is 12.8. The second kappa shape index (κ2) is 9.57. The molecule has 0 radical (unpaired) electrons. The molecule has 168 valence electrons. The quantitative estimate of drug-likeness (QED) is 0.547. The van der Waals surface area contributed by atoms with Crippen LogP contribution >= 0.6 is 0 Å². The highest BCUT2D eigenvalue weighted by molar-refractivity contribution is 7.92. The number of benzene rings is 3. The molecule has 0 fully saturated rings. The van der Waals surface area contributed by atoms with E-state index in [0.717, 1.165) is 16.7 Å². The number of carbonyl (C=O) groups is 1. The van der Waals surface area contributed by atoms with E-state index >= 15 is 0 Å². The Morgan fingerprint density at radius 3 is 2.09 bits per heavy atom. The molecule has 1 amide bonds. The molecular weight excluding hydrogens is 420 g/mol. The zero-order chi connectivity index (χ0) is 23.5. The normalized spacial score (nSPS) is 12.3. The molecule has 0 aromatic heterocycles. The monoisotopic (exact) mass is 450 g/mol. The average molecular weight is 451 g/mol. The summed E-state index contributed by atoms with van der Waals surface area (Å²) in [5.74, 6) is -0.198. The number of hydrogen-bond acceptors (Lipinski definition) is 3. The van der Waals surface area contributed by atoms with Crippen molar-refractivity contribution < 1.29 is 13.2 Å². The van der Waals surface area contributed by atoms with E-state index in [1.54, 1.807) is 24.3 Å². The van der Waals surface area contributed by atoms with E-state index in [1.807, 2.05) is 44.2 Å². The molecular formula is C26H30N2O3S. The van der Waals surface area contributed by atoms with Crippen molar-refractivity contribution in [3.05, 3.63) is 100 Å². The third kappa shape index (κ3) is 5.56. The number of aryl methyl sites for hydroxylation is 3. The lowest BCUT2D eigenvalue weighted by molar-refractivity contribution is 0.0940. The highest BCUT2D eigenvalue weighted by atomic mass is 32.2. The van der Waals surface area contributed by atoms with Crippen LogP contribution in [0, 0.1) is 20.8 Å². The minimum atomic E-state index is -3.48. The maximum absolute atomic E-state index is 12.8. The van der Waals surface area contributed by atoms with Gasteiger partial charge in [-0.2, -0.15) is 0 Å². The Kier molecular flexibility index (Phi) is 7.04. The minimum Gasteiger partial charge on any atom is -0.346 e. The molecule has 0 aliphatic heterocycles. The standard InChI is InChI=1S/C26H30N2O3S/c1-18-15-20(3)25(16-19(18)2)21(4)27-26(29)23-11-13-24(14-12-23)28(32(5,30)31)17-22-9-7-6-8-10-22/h6-16,21H,17H2,1-5H3,(H,27,29)/t21-/m1/s1. The lowest BCUT2D eigenvalue weighted by Gasteiger charge is -2.23. The molecule has 5 nitrogen and oxygen atoms in total. The number of nitrogens with one attached hydrogen (secondary N) is 1. The Balaban J connectivity index is 1.77. The predicted molar refractivity (Wildman–Crippen MR) is 130 cm³/mol. The fraction of sp³-hybridized carbons (Fsp3) is 0.269. The van der Waals surface area contributed by atoms with Crippen LogP contribution in [-0.4, -0.2) is 20.6 Å². The Labute approximate surface area is 191 Å². The SMILES string of the molecule is Cc1cc(C)c([C@@H](C)NC(=O)c2ccc(N(Cc3ccccc3)S(C)(=O)=O)cc2)cc1C. The van der Waals surface area contributed by atoms with Gasteiger partial charge in [-0.3, -0.25) is 9.10 Å². The van der Waals surface area contributed by atoms with Gasteiger partial charge in [-0.05, 0) is 79.8 Å². The van der Waals surface area contributed by atoms with Crippen molar-refractivity contribution in [2.75, 3.05) is 10.6 Å². The van der Waals surface area contributed by atoms with Crippen LogP contribution in [0.25, 0.3) is 0 Å². The van der Waals surface area contributed by atoms with Gasteiger partial charge in [0.15, 0.2) is 0 Å². The number of rotatable bonds is 7. The van der Waals surface area contributed by atoms with Crippen molar-refractivity contribution in [2.45, 2.75) is 40.3 Å². The molecule has 0 heterocycles. The molecule has 0 aliphatic rings. The van der Waals surface area contributed by atoms with E-state index in [-0.39, 0.29) is 18.5 Å². The summed E-state index contributed by atoms with van der Waals surface area (Å²) in [6, 6.07) is 20.2. The highest BCUT2D eigenvalue weighted by Crippen LogP contribution is 2.24. The summed E-state index contributed by atoms with van der Waals surface area (Å²) in [6.45, 7) is 8.39. The van der Waals surface area contributed by atoms with E-state index in [9.17, 15) is 13.2 Å². The van der Waals surface area contributed by atoms with Crippen molar-refractivity contribution in [1.82, 2.24) is 5.32 Å². The fourth-order valence-corrected chi connectivity index (χ4v) is 4.62. The van der Waals surface area contributed by atoms with Crippen LogP contribution in [0.3, 0.4) is 0 Å². The lowest BCUT2D eigenvalue weighted by Crippen LogP contribution is -2.30. The Bertz CT molecular complexity index is 1200. The molecule has 0 spiro atoms. The molecule has 3 aromatic rings. The van der Waals surface area contributed by atoms with E-state index < -0.39 is 10.0 Å². The fourth-order valence-electron chi connectivity index (χ4n) is 3.74. The number of hydrogen-bond donors (Lipinski definition) is 1. The summed E-state index contributed by atoms with van der Waals surface area (Å²) in [6.07, 6.45) is 1.18. The third-order valence-electron chi connectivity index (χ3n) is 5.68. The van der Waals surface area contributed by atoms with Gasteiger partial charge in [-0.25, -0.2) is 8.42 Å². The lowest BCUT2D eigenvalue weighted by atomic mass is 9.96. The van der Waals surface area contributed by atoms with Crippen LogP contribution < -0.4 is 9.62 Å². The predicted octanol–water partition coefficient (Wildman–Crippen LogP) is 5.07. The summed E-state index contributed by atoms with van der Waals surface area (Å²) in [5.41, 5.74) is 6.53. The molecule has 0 unspecified atom stereocenters. The third-order valence-corrected chi connectivity index (χ3v) is 6.82. The van der Waals surface area contributed by atoms with Gasteiger partial charge in [0, 0.05) is 5.56 Å². The van der Waals surface area contributed by atoms with Crippen LogP contribution in [0.5, 0.6) is 0 Å². The number of amides is 1. The summed E-state index contributed by atoms with van der Waals surface area (Å²) in [5, 5.41) is 3.05. The van der Waals surface area contributed by atoms with E-state index in [2.05, 4.69) is 31.3 Å². The van der Waals surface area contributed by atoms with Crippen molar-refractivity contribution >= 4 is 21.6 Å². The van der Waals surface area contributed by atoms with Crippen molar-refractivity contribution in [2.24, 2.45) is 0 Å². The summed E-state index contributed by atoms with van der Waals surface area (Å²) < 4.78 is 26.1. The van der Waals surface area contributed by atoms with Crippen molar-refractivity contribution in [1.29, 1.82) is 0 Å². The Morgan fingerprint density at radius 2 is 1.50 bits per heavy atom. The highest BCUT2D eigenvalue weighted by Gasteiger charge is 2.19. The first kappa shape index (κ1) is 23.5. The van der Waals surface area contributed by atoms with Gasteiger partial charge in [-0.15, -0.1) is 0 Å². The second-order valence-electron chi connectivity index (χ2n) is 8.29. The maximum Gasteiger partial charge on any atom is 0.251 e. The topological polar surface area (TPSA) is 66.5 Å². The maximum atomic E-state index is 12.8. The van der Waals surface area contributed by atoms with Gasteiger partial charge in [0.2, 0.25) is 10.0 Å². The Morgan fingerprint density at radius 1 is 0.906 bits per heavy atom. The first-order valence-electron chi connectivity index (χ1n) is 10.6. The smallest absolute Gasteiger partial charge is 0.251 e. The van der Waals surface area contributed by atoms with Gasteiger partial charge in [-0.1, -0.05) is 42.5 Å². The average Bonchev–Trinajstić information content (AvgIpc) is 2.74. The molecule has 3 aromatic carbocycles. The van der Waals surface area contributed by atoms with Crippen LogP contribution in [-0.2, 0) is 16.6 Å². The number of sulfonamides is 1. The molecule has 0 bridgehead atoms. The zero-order valence-corrected chi connectivity index (χ0v) is 20.0. The molecule has 1 N–H and O–H groups in total. The first-order valence-corrected chi connectivity index (χ1v) is 12.4. The van der Waals surface area contributed by atoms with Gasteiger partial charge in [0.25, 0.3) is 5.91 Å². The number of anilines is 1. The van der Waals surface area contributed by atoms with E-state index in [4.69, 9.17) is 0 Å². The van der Waals surface area contributed by atoms with E-state index in [0.29, 0.717) is 11.3 Å². The van der Waals surface area contributed by atoms with Gasteiger partial charge in [0.1, 0.15) is 0 Å². The van der Waals surface area contributed by atoms with Crippen LogP contribution in [0.4, 0.5) is 5.69 Å². The van der Waals surface area contributed by atoms with Gasteiger partial charge >= 0.3 is 0 Å². The van der Waals surface area contributed by atoms with Crippen LogP contribution in [0.2, 0.25) is 0 Å². The molecule has 6 heteroatoms. The van der Waals surface area contributed by atoms with Gasteiger partial charge in [0.05, 0.1) is 24.5 Å². The second-order valence-corrected chi connectivity index (χ2v) is 10.2. The van der Waals surface area contributed by atoms with Crippen molar-refractivity contribution in [3.8, 4) is 0 Å². The molecule has 0 saturated carbocycles. The zero-order valence-electron chi connectivity index (χ0n) is 19.2. The number of nitrogens with zero attached hydrogens (tertiary/aromatic N) is 1. The number of carbonyl (C=O) groups excluding carboxylic acids is 1. The van der Waals surface area contributed by atoms with E-state index in [1.165, 1.54) is 21.7 Å². The van der Waals surface area contributed by atoms with Crippen LogP contribution in [0.15, 0.2) is 66.7 Å².